The van der Waals surface area contributed by atoms with Crippen LogP contribution in [0.1, 0.15) is 6.92 Å². The Hall–Kier alpha value is -0.870. The molecule has 1 unspecified atom stereocenters. The number of rotatable bonds is 3. The summed E-state index contributed by atoms with van der Waals surface area (Å²) in [6, 6.07) is 0. The van der Waals surface area contributed by atoms with Crippen LogP contribution in [-0.2, 0) is 14.3 Å². The van der Waals surface area contributed by atoms with E-state index >= 15 is 0 Å². The summed E-state index contributed by atoms with van der Waals surface area (Å²) in [6.07, 6.45) is 0.981. The first-order valence-corrected chi connectivity index (χ1v) is 3.29. The van der Waals surface area contributed by atoms with E-state index in [2.05, 4.69) is 6.58 Å². The molecule has 1 rings (SSSR count). The third kappa shape index (κ3) is 9.13. The predicted octanol–water partition coefficient (Wildman–Crippen LogP) is 0.636. The Kier molecular flexibility index (Phi) is 5.42. The zero-order chi connectivity index (χ0) is 8.69. The van der Waals surface area contributed by atoms with Crippen molar-refractivity contribution >= 4 is 5.97 Å². The quantitative estimate of drug-likeness (QED) is 0.486. The highest BCUT2D eigenvalue weighted by atomic mass is 16.8. The molecule has 0 amide bonds. The van der Waals surface area contributed by atoms with Gasteiger partial charge in [0, 0.05) is 12.7 Å². The zero-order valence-electron chi connectivity index (χ0n) is 6.45. The van der Waals surface area contributed by atoms with Gasteiger partial charge in [0.1, 0.15) is 6.61 Å². The molecule has 0 aromatic rings. The van der Waals surface area contributed by atoms with Gasteiger partial charge in [0.2, 0.25) is 0 Å². The van der Waals surface area contributed by atoms with Gasteiger partial charge in [0.05, 0.1) is 0 Å². The molecule has 0 aliphatic carbocycles. The van der Waals surface area contributed by atoms with Crippen molar-refractivity contribution in [3.05, 3.63) is 12.7 Å². The van der Waals surface area contributed by atoms with E-state index in [9.17, 15) is 4.79 Å². The summed E-state index contributed by atoms with van der Waals surface area (Å²) in [7, 11) is 0. The van der Waals surface area contributed by atoms with Gasteiger partial charge in [0.25, 0.3) is 0 Å². The molecule has 1 heterocycles. The van der Waals surface area contributed by atoms with Crippen LogP contribution in [0.15, 0.2) is 12.7 Å². The molecule has 0 saturated carbocycles. The Morgan fingerprint density at radius 2 is 2.45 bits per heavy atom. The van der Waals surface area contributed by atoms with Crippen LogP contribution < -0.4 is 0 Å². The van der Waals surface area contributed by atoms with Gasteiger partial charge >= 0.3 is 5.97 Å². The predicted molar refractivity (Wildman–Crippen MR) is 39.2 cm³/mol. The van der Waals surface area contributed by atoms with Gasteiger partial charge in [-0.3, -0.25) is 0 Å². The first-order chi connectivity index (χ1) is 5.20. The fraction of sp³-hybridized carbons (Fsp3) is 0.571. The summed E-state index contributed by atoms with van der Waals surface area (Å²) < 4.78 is 9.66. The van der Waals surface area contributed by atoms with E-state index in [0.29, 0.717) is 0 Å². The fourth-order valence-electron chi connectivity index (χ4n) is 0.321. The Morgan fingerprint density at radius 1 is 2.00 bits per heavy atom. The maximum Gasteiger partial charge on any atom is 0.327 e. The largest absolute Gasteiger partial charge is 0.478 e. The summed E-state index contributed by atoms with van der Waals surface area (Å²) in [4.78, 5) is 9.25. The molecule has 1 aliphatic rings. The van der Waals surface area contributed by atoms with E-state index in [1.54, 1.807) is 0 Å². The molecule has 0 spiro atoms. The molecule has 0 bridgehead atoms. The summed E-state index contributed by atoms with van der Waals surface area (Å²) in [5, 5.41) is 7.60. The second-order valence-corrected chi connectivity index (χ2v) is 1.76. The lowest BCUT2D eigenvalue weighted by Gasteiger charge is -1.86. The van der Waals surface area contributed by atoms with Crippen molar-refractivity contribution in [2.75, 3.05) is 13.2 Å². The van der Waals surface area contributed by atoms with Gasteiger partial charge in [-0.2, -0.15) is 0 Å². The first kappa shape index (κ1) is 10.1. The van der Waals surface area contributed by atoms with Gasteiger partial charge in [0.15, 0.2) is 6.29 Å². The SMILES string of the molecule is C=CC(=O)O.CCOC1CO1. The van der Waals surface area contributed by atoms with Crippen LogP contribution in [0, 0.1) is 0 Å². The topological polar surface area (TPSA) is 59.1 Å². The molecule has 4 heteroatoms. The minimum Gasteiger partial charge on any atom is -0.478 e. The molecule has 1 saturated heterocycles. The lowest BCUT2D eigenvalue weighted by Crippen LogP contribution is -1.91. The Balaban J connectivity index is 0.000000187. The van der Waals surface area contributed by atoms with E-state index in [1.807, 2.05) is 6.92 Å². The number of carboxylic acids is 1. The minimum absolute atomic E-state index is 0.148. The van der Waals surface area contributed by atoms with Crippen LogP contribution >= 0.6 is 0 Å². The van der Waals surface area contributed by atoms with E-state index in [0.717, 1.165) is 19.3 Å². The van der Waals surface area contributed by atoms with Crippen LogP contribution in [0.25, 0.3) is 0 Å². The molecule has 11 heavy (non-hydrogen) atoms. The second kappa shape index (κ2) is 5.88. The molecule has 1 fully saturated rings. The van der Waals surface area contributed by atoms with Crippen molar-refractivity contribution in [2.45, 2.75) is 13.2 Å². The molecule has 0 aromatic carbocycles. The Bertz CT molecular complexity index is 128. The molecule has 0 radical (unpaired) electrons. The molecule has 1 aliphatic heterocycles. The average molecular weight is 160 g/mol. The maximum absolute atomic E-state index is 9.25. The monoisotopic (exact) mass is 160 g/mol. The van der Waals surface area contributed by atoms with Crippen LogP contribution in [0.2, 0.25) is 0 Å². The number of epoxide rings is 1. The maximum atomic E-state index is 9.25. The molecular formula is C7H12O4. The molecule has 1 atom stereocenters. The van der Waals surface area contributed by atoms with E-state index in [-0.39, 0.29) is 6.29 Å². The first-order valence-electron chi connectivity index (χ1n) is 3.29. The highest BCUT2D eigenvalue weighted by molar-refractivity contribution is 5.78. The van der Waals surface area contributed by atoms with Gasteiger partial charge in [-0.05, 0) is 6.92 Å². The van der Waals surface area contributed by atoms with Crippen LogP contribution in [0.4, 0.5) is 0 Å². The van der Waals surface area contributed by atoms with Crippen LogP contribution in [0.5, 0.6) is 0 Å². The number of aliphatic carboxylic acids is 1. The lowest BCUT2D eigenvalue weighted by molar-refractivity contribution is -0.131. The minimum atomic E-state index is -0.981. The molecule has 4 nitrogen and oxygen atoms in total. The number of carbonyl (C=O) groups is 1. The highest BCUT2D eigenvalue weighted by Gasteiger charge is 2.21. The summed E-state index contributed by atoms with van der Waals surface area (Å²) in [5.41, 5.74) is 0. The van der Waals surface area contributed by atoms with Crippen molar-refractivity contribution in [3.8, 4) is 0 Å². The van der Waals surface area contributed by atoms with Crippen molar-refractivity contribution < 1.29 is 19.4 Å². The standard InChI is InChI=1S/C4H8O2.C3H4O2/c1-2-5-4-3-6-4;1-2-3(4)5/h4H,2-3H2,1H3;2H,1H2,(H,4,5). The summed E-state index contributed by atoms with van der Waals surface area (Å²) >= 11 is 0. The Morgan fingerprint density at radius 3 is 2.55 bits per heavy atom. The Labute approximate surface area is 65.4 Å². The van der Waals surface area contributed by atoms with Gasteiger partial charge in [-0.15, -0.1) is 0 Å². The van der Waals surface area contributed by atoms with Gasteiger partial charge in [-0.1, -0.05) is 6.58 Å². The third-order valence-electron chi connectivity index (χ3n) is 0.830. The van der Waals surface area contributed by atoms with Crippen molar-refractivity contribution in [1.29, 1.82) is 0 Å². The van der Waals surface area contributed by atoms with Crippen LogP contribution in [0.3, 0.4) is 0 Å². The van der Waals surface area contributed by atoms with Crippen molar-refractivity contribution in [2.24, 2.45) is 0 Å². The molecule has 1 N–H and O–H groups in total. The van der Waals surface area contributed by atoms with Crippen molar-refractivity contribution in [3.63, 3.8) is 0 Å². The number of hydrogen-bond donors (Lipinski definition) is 1. The third-order valence-corrected chi connectivity index (χ3v) is 0.830. The van der Waals surface area contributed by atoms with Crippen LogP contribution in [-0.4, -0.2) is 30.6 Å². The number of ether oxygens (including phenoxy) is 2. The second-order valence-electron chi connectivity index (χ2n) is 1.76. The zero-order valence-corrected chi connectivity index (χ0v) is 6.45. The lowest BCUT2D eigenvalue weighted by atomic mass is 10.7. The van der Waals surface area contributed by atoms with Crippen molar-refractivity contribution in [1.82, 2.24) is 0 Å². The summed E-state index contributed by atoms with van der Waals surface area (Å²) in [5.74, 6) is -0.981. The normalized spacial score (nSPS) is 19.5. The number of carboxylic acid groups (broad SMARTS) is 1. The van der Waals surface area contributed by atoms with Gasteiger partial charge < -0.3 is 14.6 Å². The molecular weight excluding hydrogens is 148 g/mol. The number of hydrogen-bond acceptors (Lipinski definition) is 3. The van der Waals surface area contributed by atoms with Gasteiger partial charge in [-0.25, -0.2) is 4.79 Å². The summed E-state index contributed by atoms with van der Waals surface area (Å²) in [6.45, 7) is 6.49. The van der Waals surface area contributed by atoms with E-state index < -0.39 is 5.97 Å². The molecule has 0 aromatic heterocycles. The highest BCUT2D eigenvalue weighted by Crippen LogP contribution is 2.08. The smallest absolute Gasteiger partial charge is 0.327 e. The fourth-order valence-corrected chi connectivity index (χ4v) is 0.321. The molecule has 64 valence electrons. The average Bonchev–Trinajstić information content (AvgIpc) is 2.74. The van der Waals surface area contributed by atoms with E-state index in [4.69, 9.17) is 14.6 Å². The van der Waals surface area contributed by atoms with E-state index in [1.165, 1.54) is 0 Å².